The first-order chi connectivity index (χ1) is 11.3. The van der Waals surface area contributed by atoms with E-state index < -0.39 is 0 Å². The molecule has 2 unspecified atom stereocenters. The predicted octanol–water partition coefficient (Wildman–Crippen LogP) is 4.60. The summed E-state index contributed by atoms with van der Waals surface area (Å²) in [6.45, 7) is 3.74. The van der Waals surface area contributed by atoms with Crippen molar-refractivity contribution in [3.05, 3.63) is 42.0 Å². The zero-order valence-electron chi connectivity index (χ0n) is 14.2. The average molecular weight is 315 g/mol. The fourth-order valence-electron chi connectivity index (χ4n) is 3.55. The third-order valence-corrected chi connectivity index (χ3v) is 4.93. The van der Waals surface area contributed by atoms with Gasteiger partial charge in [0.05, 0.1) is 12.6 Å². The van der Waals surface area contributed by atoms with Gasteiger partial charge in [0, 0.05) is 6.54 Å². The van der Waals surface area contributed by atoms with Gasteiger partial charge in [-0.2, -0.15) is 0 Å². The lowest BCUT2D eigenvalue weighted by Gasteiger charge is -2.22. The van der Waals surface area contributed by atoms with E-state index in [4.69, 9.17) is 9.47 Å². The van der Waals surface area contributed by atoms with E-state index in [0.717, 1.165) is 24.8 Å². The van der Waals surface area contributed by atoms with Gasteiger partial charge < -0.3 is 14.8 Å². The van der Waals surface area contributed by atoms with Crippen LogP contribution in [-0.2, 0) is 4.74 Å². The molecule has 1 aliphatic carbocycles. The van der Waals surface area contributed by atoms with Gasteiger partial charge in [0.15, 0.2) is 6.29 Å². The van der Waals surface area contributed by atoms with Gasteiger partial charge in [-0.3, -0.25) is 0 Å². The van der Waals surface area contributed by atoms with Gasteiger partial charge in [-0.05, 0) is 37.0 Å². The second-order valence-electron chi connectivity index (χ2n) is 6.73. The number of benzene rings is 1. The summed E-state index contributed by atoms with van der Waals surface area (Å²) in [5, 5.41) is 3.42. The van der Waals surface area contributed by atoms with Crippen LogP contribution in [0, 0.1) is 5.92 Å². The molecule has 0 aromatic heterocycles. The van der Waals surface area contributed by atoms with E-state index in [1.54, 1.807) is 0 Å². The van der Waals surface area contributed by atoms with Crippen LogP contribution >= 0.6 is 0 Å². The minimum Gasteiger partial charge on any atom is -0.465 e. The van der Waals surface area contributed by atoms with Crippen molar-refractivity contribution in [1.29, 1.82) is 0 Å². The highest BCUT2D eigenvalue weighted by molar-refractivity contribution is 5.32. The second kappa shape index (κ2) is 8.51. The van der Waals surface area contributed by atoms with Crippen molar-refractivity contribution in [3.8, 4) is 5.75 Å². The zero-order chi connectivity index (χ0) is 15.9. The zero-order valence-corrected chi connectivity index (χ0v) is 14.2. The Hall–Kier alpha value is -1.32. The molecule has 1 heterocycles. The summed E-state index contributed by atoms with van der Waals surface area (Å²) in [6.07, 6.45) is 12.3. The summed E-state index contributed by atoms with van der Waals surface area (Å²) in [7, 11) is 0. The van der Waals surface area contributed by atoms with Gasteiger partial charge in [-0.1, -0.05) is 56.4 Å². The van der Waals surface area contributed by atoms with Gasteiger partial charge in [-0.15, -0.1) is 0 Å². The molecule has 0 bridgehead atoms. The van der Waals surface area contributed by atoms with E-state index in [-0.39, 0.29) is 6.29 Å². The molecule has 0 spiro atoms. The van der Waals surface area contributed by atoms with Crippen molar-refractivity contribution in [1.82, 2.24) is 5.32 Å². The number of hydrogen-bond donors (Lipinski definition) is 1. The van der Waals surface area contributed by atoms with E-state index in [0.29, 0.717) is 6.04 Å². The average Bonchev–Trinajstić information content (AvgIpc) is 3.11. The van der Waals surface area contributed by atoms with E-state index in [1.165, 1.54) is 44.1 Å². The lowest BCUT2D eigenvalue weighted by molar-refractivity contribution is -0.0711. The molecule has 2 aliphatic rings. The maximum atomic E-state index is 5.86. The van der Waals surface area contributed by atoms with Gasteiger partial charge >= 0.3 is 0 Å². The molecule has 1 saturated carbocycles. The van der Waals surface area contributed by atoms with Gasteiger partial charge in [0.2, 0.25) is 0 Å². The molecular formula is C20H29NO2. The molecule has 23 heavy (non-hydrogen) atoms. The normalized spacial score (nSPS) is 23.1. The Bertz CT molecular complexity index is 491. The molecule has 3 heteroatoms. The van der Waals surface area contributed by atoms with Crippen molar-refractivity contribution in [2.24, 2.45) is 5.92 Å². The molecule has 1 aliphatic heterocycles. The first-order valence-electron chi connectivity index (χ1n) is 9.09. The van der Waals surface area contributed by atoms with Crippen molar-refractivity contribution in [2.45, 2.75) is 57.8 Å². The van der Waals surface area contributed by atoms with Gasteiger partial charge in [-0.25, -0.2) is 0 Å². The summed E-state index contributed by atoms with van der Waals surface area (Å²) in [6, 6.07) is 8.65. The van der Waals surface area contributed by atoms with Crippen LogP contribution in [0.4, 0.5) is 0 Å². The quantitative estimate of drug-likeness (QED) is 0.589. The van der Waals surface area contributed by atoms with Crippen LogP contribution in [0.5, 0.6) is 5.75 Å². The molecule has 3 nitrogen and oxygen atoms in total. The number of nitrogens with one attached hydrogen (secondary N) is 1. The monoisotopic (exact) mass is 315 g/mol. The lowest BCUT2D eigenvalue weighted by atomic mass is 9.87. The molecule has 0 saturated heterocycles. The SMILES string of the molecule is CC(OCCC1CCCCC1)Oc1ccc(C2C=CCN2)cc1. The highest BCUT2D eigenvalue weighted by Crippen LogP contribution is 2.26. The Morgan fingerprint density at radius 3 is 2.61 bits per heavy atom. The van der Waals surface area contributed by atoms with Crippen LogP contribution in [0.15, 0.2) is 36.4 Å². The van der Waals surface area contributed by atoms with Gasteiger partial charge in [0.1, 0.15) is 5.75 Å². The van der Waals surface area contributed by atoms with Gasteiger partial charge in [0.25, 0.3) is 0 Å². The molecule has 1 aromatic rings. The molecule has 2 atom stereocenters. The Balaban J connectivity index is 1.38. The lowest BCUT2D eigenvalue weighted by Crippen LogP contribution is -2.19. The highest BCUT2D eigenvalue weighted by atomic mass is 16.7. The van der Waals surface area contributed by atoms with Crippen molar-refractivity contribution in [3.63, 3.8) is 0 Å². The van der Waals surface area contributed by atoms with Crippen LogP contribution in [0.2, 0.25) is 0 Å². The summed E-state index contributed by atoms with van der Waals surface area (Å²) in [5.74, 6) is 1.74. The van der Waals surface area contributed by atoms with Crippen LogP contribution in [0.3, 0.4) is 0 Å². The third kappa shape index (κ3) is 5.08. The van der Waals surface area contributed by atoms with Crippen molar-refractivity contribution >= 4 is 0 Å². The van der Waals surface area contributed by atoms with E-state index in [1.807, 2.05) is 19.1 Å². The fraction of sp³-hybridized carbons (Fsp3) is 0.600. The Morgan fingerprint density at radius 1 is 1.13 bits per heavy atom. The number of hydrogen-bond acceptors (Lipinski definition) is 3. The smallest absolute Gasteiger partial charge is 0.196 e. The molecule has 0 amide bonds. The molecule has 1 N–H and O–H groups in total. The largest absolute Gasteiger partial charge is 0.465 e. The maximum absolute atomic E-state index is 5.86. The van der Waals surface area contributed by atoms with Crippen molar-refractivity contribution in [2.75, 3.05) is 13.2 Å². The highest BCUT2D eigenvalue weighted by Gasteiger charge is 2.14. The first-order valence-corrected chi connectivity index (χ1v) is 9.09. The molecule has 1 fully saturated rings. The molecule has 126 valence electrons. The number of ether oxygens (including phenoxy) is 2. The number of rotatable bonds is 7. The van der Waals surface area contributed by atoms with Crippen LogP contribution < -0.4 is 10.1 Å². The van der Waals surface area contributed by atoms with E-state index in [2.05, 4.69) is 29.6 Å². The summed E-state index contributed by atoms with van der Waals surface area (Å²) in [4.78, 5) is 0. The Morgan fingerprint density at radius 2 is 1.91 bits per heavy atom. The first kappa shape index (κ1) is 16.5. The summed E-state index contributed by atoms with van der Waals surface area (Å²) < 4.78 is 11.7. The molecule has 3 rings (SSSR count). The van der Waals surface area contributed by atoms with Crippen LogP contribution in [0.25, 0.3) is 0 Å². The summed E-state index contributed by atoms with van der Waals surface area (Å²) in [5.41, 5.74) is 1.27. The topological polar surface area (TPSA) is 30.5 Å². The van der Waals surface area contributed by atoms with Crippen LogP contribution in [0.1, 0.15) is 57.1 Å². The fourth-order valence-corrected chi connectivity index (χ4v) is 3.55. The minimum atomic E-state index is -0.186. The summed E-state index contributed by atoms with van der Waals surface area (Å²) >= 11 is 0. The van der Waals surface area contributed by atoms with Crippen molar-refractivity contribution < 1.29 is 9.47 Å². The molecule has 0 radical (unpaired) electrons. The Kier molecular flexibility index (Phi) is 6.12. The second-order valence-corrected chi connectivity index (χ2v) is 6.73. The van der Waals surface area contributed by atoms with E-state index >= 15 is 0 Å². The molecular weight excluding hydrogens is 286 g/mol. The Labute approximate surface area is 140 Å². The maximum Gasteiger partial charge on any atom is 0.196 e. The standard InChI is InChI=1S/C20H29NO2/c1-16(22-15-13-17-6-3-2-4-7-17)23-19-11-9-18(10-12-19)20-8-5-14-21-20/h5,8-12,16-17,20-21H,2-4,6-7,13-15H2,1H3. The molecule has 1 aromatic carbocycles. The van der Waals surface area contributed by atoms with Crippen LogP contribution in [-0.4, -0.2) is 19.4 Å². The predicted molar refractivity (Wildman–Crippen MR) is 93.6 cm³/mol. The van der Waals surface area contributed by atoms with E-state index in [9.17, 15) is 0 Å². The third-order valence-electron chi connectivity index (χ3n) is 4.93. The minimum absolute atomic E-state index is 0.186.